The van der Waals surface area contributed by atoms with Gasteiger partial charge in [-0.1, -0.05) is 44.5 Å². The minimum absolute atomic E-state index is 0.250. The Hall–Kier alpha value is -1.57. The van der Waals surface area contributed by atoms with Gasteiger partial charge < -0.3 is 4.74 Å². The summed E-state index contributed by atoms with van der Waals surface area (Å²) in [5.41, 5.74) is 3.48. The Balaban J connectivity index is 2.92. The highest BCUT2D eigenvalue weighted by atomic mass is 16.5. The van der Waals surface area contributed by atoms with Crippen LogP contribution in [0.25, 0.3) is 5.57 Å². The van der Waals surface area contributed by atoms with Crippen LogP contribution < -0.4 is 0 Å². The first-order valence-electron chi connectivity index (χ1n) is 6.67. The molecule has 0 spiro atoms. The lowest BCUT2D eigenvalue weighted by Gasteiger charge is -2.07. The van der Waals surface area contributed by atoms with Crippen molar-refractivity contribution in [2.45, 2.75) is 40.0 Å². The lowest BCUT2D eigenvalue weighted by Crippen LogP contribution is -2.01. The van der Waals surface area contributed by atoms with Crippen LogP contribution in [0.4, 0.5) is 0 Å². The molecule has 0 aliphatic carbocycles. The molecular weight excluding hydrogens is 224 g/mol. The standard InChI is InChI=1S/C16H22O2/c1-4-7-15(12-16(17)18-6-3)14-10-8-13(5-2)9-11-14/h8-12H,4-7H2,1-3H3. The Kier molecular flexibility index (Phi) is 6.20. The van der Waals surface area contributed by atoms with Gasteiger partial charge in [0.05, 0.1) is 6.61 Å². The van der Waals surface area contributed by atoms with Crippen LogP contribution in [0.1, 0.15) is 44.7 Å². The van der Waals surface area contributed by atoms with Crippen molar-refractivity contribution >= 4 is 11.5 Å². The first-order chi connectivity index (χ1) is 8.71. The first kappa shape index (κ1) is 14.5. The summed E-state index contributed by atoms with van der Waals surface area (Å²) in [6.07, 6.45) is 4.56. The molecule has 0 unspecified atom stereocenters. The molecule has 0 amide bonds. The van der Waals surface area contributed by atoms with Crippen molar-refractivity contribution in [3.8, 4) is 0 Å². The second kappa shape index (κ2) is 7.70. The minimum atomic E-state index is -0.250. The summed E-state index contributed by atoms with van der Waals surface area (Å²) in [5, 5.41) is 0. The molecule has 0 saturated heterocycles. The van der Waals surface area contributed by atoms with Gasteiger partial charge in [-0.05, 0) is 36.5 Å². The fourth-order valence-corrected chi connectivity index (χ4v) is 1.85. The van der Waals surface area contributed by atoms with Crippen molar-refractivity contribution in [1.29, 1.82) is 0 Å². The second-order valence-corrected chi connectivity index (χ2v) is 4.22. The topological polar surface area (TPSA) is 26.3 Å². The van der Waals surface area contributed by atoms with E-state index in [1.54, 1.807) is 6.08 Å². The summed E-state index contributed by atoms with van der Waals surface area (Å²) in [7, 11) is 0. The van der Waals surface area contributed by atoms with Gasteiger partial charge in [0, 0.05) is 6.08 Å². The molecule has 98 valence electrons. The summed E-state index contributed by atoms with van der Waals surface area (Å²) in [5.74, 6) is -0.250. The summed E-state index contributed by atoms with van der Waals surface area (Å²) < 4.78 is 4.97. The minimum Gasteiger partial charge on any atom is -0.463 e. The summed E-state index contributed by atoms with van der Waals surface area (Å²) >= 11 is 0. The lowest BCUT2D eigenvalue weighted by atomic mass is 9.99. The molecule has 0 aliphatic rings. The number of rotatable bonds is 6. The van der Waals surface area contributed by atoms with Crippen LogP contribution in [-0.2, 0) is 16.0 Å². The lowest BCUT2D eigenvalue weighted by molar-refractivity contribution is -0.137. The Labute approximate surface area is 110 Å². The number of ether oxygens (including phenoxy) is 1. The van der Waals surface area contributed by atoms with Gasteiger partial charge in [0.2, 0.25) is 0 Å². The van der Waals surface area contributed by atoms with E-state index in [0.717, 1.165) is 30.4 Å². The number of carbonyl (C=O) groups excluding carboxylic acids is 1. The molecule has 1 aromatic rings. The maximum Gasteiger partial charge on any atom is 0.331 e. The third-order valence-corrected chi connectivity index (χ3v) is 2.83. The molecule has 2 nitrogen and oxygen atoms in total. The second-order valence-electron chi connectivity index (χ2n) is 4.22. The zero-order chi connectivity index (χ0) is 13.4. The van der Waals surface area contributed by atoms with E-state index in [1.165, 1.54) is 5.56 Å². The van der Waals surface area contributed by atoms with E-state index in [9.17, 15) is 4.79 Å². The molecule has 2 heteroatoms. The number of hydrogen-bond acceptors (Lipinski definition) is 2. The summed E-state index contributed by atoms with van der Waals surface area (Å²) in [6.45, 7) is 6.49. The molecule has 0 bridgehead atoms. The van der Waals surface area contributed by atoms with Gasteiger partial charge in [-0.3, -0.25) is 0 Å². The highest BCUT2D eigenvalue weighted by Gasteiger charge is 2.05. The van der Waals surface area contributed by atoms with E-state index in [1.807, 2.05) is 6.92 Å². The van der Waals surface area contributed by atoms with Gasteiger partial charge in [0.25, 0.3) is 0 Å². The molecule has 0 radical (unpaired) electrons. The number of carbonyl (C=O) groups is 1. The van der Waals surface area contributed by atoms with Crippen LogP contribution in [0.2, 0.25) is 0 Å². The molecule has 0 N–H and O–H groups in total. The number of aryl methyl sites for hydroxylation is 1. The Morgan fingerprint density at radius 2 is 1.83 bits per heavy atom. The van der Waals surface area contributed by atoms with Gasteiger partial charge in [-0.2, -0.15) is 0 Å². The van der Waals surface area contributed by atoms with Crippen molar-refractivity contribution in [2.24, 2.45) is 0 Å². The number of esters is 1. The highest BCUT2D eigenvalue weighted by Crippen LogP contribution is 2.20. The zero-order valence-corrected chi connectivity index (χ0v) is 11.5. The molecule has 18 heavy (non-hydrogen) atoms. The quantitative estimate of drug-likeness (QED) is 0.560. The summed E-state index contributed by atoms with van der Waals surface area (Å²) in [6, 6.07) is 8.40. The predicted octanol–water partition coefficient (Wildman–Crippen LogP) is 4.00. The molecule has 0 fully saturated rings. The predicted molar refractivity (Wildman–Crippen MR) is 75.3 cm³/mol. The third kappa shape index (κ3) is 4.36. The maximum atomic E-state index is 11.5. The van der Waals surface area contributed by atoms with Crippen molar-refractivity contribution in [3.05, 3.63) is 41.5 Å². The fraction of sp³-hybridized carbons (Fsp3) is 0.438. The fourth-order valence-electron chi connectivity index (χ4n) is 1.85. The van der Waals surface area contributed by atoms with E-state index in [-0.39, 0.29) is 5.97 Å². The summed E-state index contributed by atoms with van der Waals surface area (Å²) in [4.78, 5) is 11.5. The van der Waals surface area contributed by atoms with Crippen molar-refractivity contribution in [1.82, 2.24) is 0 Å². The van der Waals surface area contributed by atoms with Gasteiger partial charge >= 0.3 is 5.97 Å². The van der Waals surface area contributed by atoms with Crippen molar-refractivity contribution in [3.63, 3.8) is 0 Å². The first-order valence-corrected chi connectivity index (χ1v) is 6.67. The highest BCUT2D eigenvalue weighted by molar-refractivity contribution is 5.91. The van der Waals surface area contributed by atoms with Gasteiger partial charge in [-0.25, -0.2) is 4.79 Å². The monoisotopic (exact) mass is 246 g/mol. The number of hydrogen-bond donors (Lipinski definition) is 0. The normalized spacial score (nSPS) is 11.4. The van der Waals surface area contributed by atoms with Crippen LogP contribution in [0.3, 0.4) is 0 Å². The average molecular weight is 246 g/mol. The zero-order valence-electron chi connectivity index (χ0n) is 11.5. The Morgan fingerprint density at radius 3 is 2.33 bits per heavy atom. The number of benzene rings is 1. The smallest absolute Gasteiger partial charge is 0.331 e. The van der Waals surface area contributed by atoms with Crippen LogP contribution in [-0.4, -0.2) is 12.6 Å². The van der Waals surface area contributed by atoms with E-state index < -0.39 is 0 Å². The Morgan fingerprint density at radius 1 is 1.17 bits per heavy atom. The van der Waals surface area contributed by atoms with Crippen LogP contribution >= 0.6 is 0 Å². The van der Waals surface area contributed by atoms with Crippen LogP contribution in [0, 0.1) is 0 Å². The Bertz CT molecular complexity index is 402. The van der Waals surface area contributed by atoms with Crippen molar-refractivity contribution < 1.29 is 9.53 Å². The molecule has 0 saturated carbocycles. The molecule has 0 aliphatic heterocycles. The average Bonchev–Trinajstić information content (AvgIpc) is 2.39. The van der Waals surface area contributed by atoms with E-state index in [0.29, 0.717) is 6.61 Å². The van der Waals surface area contributed by atoms with Gasteiger partial charge in [-0.15, -0.1) is 0 Å². The molecule has 1 rings (SSSR count). The molecule has 0 aromatic heterocycles. The van der Waals surface area contributed by atoms with E-state index in [4.69, 9.17) is 4.74 Å². The molecule has 0 atom stereocenters. The SMILES string of the molecule is CCCC(=CC(=O)OCC)c1ccc(CC)cc1. The molecule has 0 heterocycles. The molecule has 1 aromatic carbocycles. The van der Waals surface area contributed by atoms with E-state index >= 15 is 0 Å². The van der Waals surface area contributed by atoms with E-state index in [2.05, 4.69) is 38.1 Å². The molecular formula is C16H22O2. The van der Waals surface area contributed by atoms with Gasteiger partial charge in [0.1, 0.15) is 0 Å². The van der Waals surface area contributed by atoms with Crippen molar-refractivity contribution in [2.75, 3.05) is 6.61 Å². The third-order valence-electron chi connectivity index (χ3n) is 2.83. The van der Waals surface area contributed by atoms with Crippen LogP contribution in [0.15, 0.2) is 30.3 Å². The van der Waals surface area contributed by atoms with Gasteiger partial charge in [0.15, 0.2) is 0 Å². The largest absolute Gasteiger partial charge is 0.463 e. The van der Waals surface area contributed by atoms with Crippen LogP contribution in [0.5, 0.6) is 0 Å². The number of allylic oxidation sites excluding steroid dienone is 1. The maximum absolute atomic E-state index is 11.5.